The molecule has 1 N–H and O–H groups in total. The molecule has 2 amide bonds. The first-order valence-electron chi connectivity index (χ1n) is 12.9. The summed E-state index contributed by atoms with van der Waals surface area (Å²) in [7, 11) is 1.65. The lowest BCUT2D eigenvalue weighted by molar-refractivity contribution is 0.194. The summed E-state index contributed by atoms with van der Waals surface area (Å²) in [6.07, 6.45) is 2.76. The van der Waals surface area contributed by atoms with Crippen LogP contribution in [0.1, 0.15) is 35.5 Å². The van der Waals surface area contributed by atoms with Gasteiger partial charge in [0, 0.05) is 11.8 Å². The van der Waals surface area contributed by atoms with Gasteiger partial charge in [-0.25, -0.2) is 9.48 Å². The number of halogens is 1. The topological polar surface area (TPSA) is 64.3 Å². The molecule has 0 saturated carbocycles. The van der Waals surface area contributed by atoms with Crippen LogP contribution in [0.2, 0.25) is 5.02 Å². The first-order chi connectivity index (χ1) is 19.1. The van der Waals surface area contributed by atoms with E-state index in [4.69, 9.17) is 21.4 Å². The van der Waals surface area contributed by atoms with Gasteiger partial charge in [-0.3, -0.25) is 0 Å². The van der Waals surface area contributed by atoms with Crippen molar-refractivity contribution in [3.05, 3.63) is 125 Å². The second-order valence-corrected chi connectivity index (χ2v) is 9.78. The van der Waals surface area contributed by atoms with Crippen molar-refractivity contribution in [2.75, 3.05) is 12.4 Å². The van der Waals surface area contributed by atoms with Gasteiger partial charge in [-0.1, -0.05) is 61.0 Å². The number of anilines is 1. The molecular formula is C31H28ClN5O2. The molecular weight excluding hydrogens is 510 g/mol. The van der Waals surface area contributed by atoms with E-state index in [9.17, 15) is 4.79 Å². The predicted molar refractivity (Wildman–Crippen MR) is 153 cm³/mol. The molecule has 2 aromatic heterocycles. The molecule has 6 rings (SSSR count). The number of benzene rings is 3. The Morgan fingerprint density at radius 1 is 1.03 bits per heavy atom. The van der Waals surface area contributed by atoms with Crippen LogP contribution in [-0.4, -0.2) is 32.4 Å². The maximum Gasteiger partial charge on any atom is 0.323 e. The highest BCUT2D eigenvalue weighted by molar-refractivity contribution is 6.33. The molecule has 0 radical (unpaired) electrons. The van der Waals surface area contributed by atoms with E-state index >= 15 is 0 Å². The van der Waals surface area contributed by atoms with Crippen LogP contribution in [-0.2, 0) is 13.0 Å². The zero-order valence-electron chi connectivity index (χ0n) is 21.7. The summed E-state index contributed by atoms with van der Waals surface area (Å²) in [5, 5.41) is 8.55. The highest BCUT2D eigenvalue weighted by atomic mass is 35.5. The number of rotatable bonds is 5. The Balaban J connectivity index is 1.56. The third-order valence-electron chi connectivity index (χ3n) is 7.09. The Morgan fingerprint density at radius 2 is 1.82 bits per heavy atom. The van der Waals surface area contributed by atoms with Crippen LogP contribution in [0.3, 0.4) is 0 Å². The molecule has 0 bridgehead atoms. The highest BCUT2D eigenvalue weighted by Crippen LogP contribution is 2.40. The van der Waals surface area contributed by atoms with E-state index < -0.39 is 6.04 Å². The van der Waals surface area contributed by atoms with E-state index in [1.165, 1.54) is 0 Å². The predicted octanol–water partition coefficient (Wildman–Crippen LogP) is 7.02. The fourth-order valence-corrected chi connectivity index (χ4v) is 5.44. The maximum absolute atomic E-state index is 14.1. The number of fused-ring (bicyclic) bond motifs is 3. The normalized spacial score (nSPS) is 14.3. The van der Waals surface area contributed by atoms with Crippen molar-refractivity contribution in [3.63, 3.8) is 0 Å². The van der Waals surface area contributed by atoms with Crippen LogP contribution in [0.25, 0.3) is 11.5 Å². The van der Waals surface area contributed by atoms with Crippen molar-refractivity contribution >= 4 is 23.3 Å². The van der Waals surface area contributed by atoms with Gasteiger partial charge in [0.1, 0.15) is 11.6 Å². The van der Waals surface area contributed by atoms with Gasteiger partial charge < -0.3 is 19.5 Å². The first-order valence-corrected chi connectivity index (χ1v) is 13.3. The number of urea groups is 1. The molecule has 39 heavy (non-hydrogen) atoms. The molecule has 0 spiro atoms. The van der Waals surface area contributed by atoms with Gasteiger partial charge >= 0.3 is 6.03 Å². The third kappa shape index (κ3) is 4.45. The van der Waals surface area contributed by atoms with E-state index in [0.29, 0.717) is 17.3 Å². The summed E-state index contributed by atoms with van der Waals surface area (Å²) in [5.41, 5.74) is 5.33. The van der Waals surface area contributed by atoms with Gasteiger partial charge in [0.05, 0.1) is 47.5 Å². The molecule has 0 fully saturated rings. The minimum Gasteiger partial charge on any atom is -0.497 e. The van der Waals surface area contributed by atoms with Crippen LogP contribution in [0.5, 0.6) is 5.75 Å². The van der Waals surface area contributed by atoms with Crippen LogP contribution in [0.4, 0.5) is 10.5 Å². The van der Waals surface area contributed by atoms with Gasteiger partial charge in [0.25, 0.3) is 0 Å². The van der Waals surface area contributed by atoms with Gasteiger partial charge in [-0.15, -0.1) is 0 Å². The first kappa shape index (κ1) is 24.8. The van der Waals surface area contributed by atoms with Crippen LogP contribution in [0, 0.1) is 0 Å². The van der Waals surface area contributed by atoms with Gasteiger partial charge in [0.15, 0.2) is 0 Å². The second-order valence-electron chi connectivity index (χ2n) is 9.37. The fraction of sp³-hybridized carbons (Fsp3) is 0.161. The number of methoxy groups -OCH3 is 1. The number of amides is 2. The van der Waals surface area contributed by atoms with Crippen molar-refractivity contribution < 1.29 is 9.53 Å². The fourth-order valence-electron chi connectivity index (χ4n) is 5.26. The number of hydrogen-bond donors (Lipinski definition) is 1. The Labute approximate surface area is 232 Å². The smallest absolute Gasteiger partial charge is 0.323 e. The lowest BCUT2D eigenvalue weighted by atomic mass is 10.0. The zero-order chi connectivity index (χ0) is 26.9. The van der Waals surface area contributed by atoms with Crippen molar-refractivity contribution in [1.29, 1.82) is 0 Å². The maximum atomic E-state index is 14.1. The number of aryl methyl sites for hydroxylation is 1. The summed E-state index contributed by atoms with van der Waals surface area (Å²) in [4.78, 5) is 16.0. The second kappa shape index (κ2) is 10.3. The lowest BCUT2D eigenvalue weighted by Gasteiger charge is -2.31. The monoisotopic (exact) mass is 537 g/mol. The SMILES string of the molecule is CCc1nn(-c2ccccc2)c2c1CN(C(=O)Nc1ccccc1Cl)[C@@H](c1cccc(OC)c1)c1cccn1-2. The van der Waals surface area contributed by atoms with Gasteiger partial charge in [-0.05, 0) is 60.5 Å². The summed E-state index contributed by atoms with van der Waals surface area (Å²) in [5.74, 6) is 1.66. The molecule has 196 valence electrons. The number of carbonyl (C=O) groups excluding carboxylic acids is 1. The van der Waals surface area contributed by atoms with Gasteiger partial charge in [-0.2, -0.15) is 5.10 Å². The molecule has 0 saturated heterocycles. The summed E-state index contributed by atoms with van der Waals surface area (Å²) in [6, 6.07) is 28.6. The number of aromatic nitrogens is 3. The molecule has 1 aliphatic rings. The molecule has 0 unspecified atom stereocenters. The van der Waals surface area contributed by atoms with Crippen molar-refractivity contribution in [2.24, 2.45) is 0 Å². The Morgan fingerprint density at radius 3 is 2.59 bits per heavy atom. The number of para-hydroxylation sites is 2. The van der Waals surface area contributed by atoms with E-state index in [2.05, 4.69) is 22.9 Å². The Hall–Kier alpha value is -4.49. The number of hydrogen-bond acceptors (Lipinski definition) is 3. The van der Waals surface area contributed by atoms with E-state index in [0.717, 1.165) is 46.2 Å². The largest absolute Gasteiger partial charge is 0.497 e. The van der Waals surface area contributed by atoms with E-state index in [-0.39, 0.29) is 6.03 Å². The minimum absolute atomic E-state index is 0.258. The van der Waals surface area contributed by atoms with Crippen LogP contribution >= 0.6 is 11.6 Å². The molecule has 5 aromatic rings. The van der Waals surface area contributed by atoms with Crippen molar-refractivity contribution in [3.8, 4) is 17.3 Å². The van der Waals surface area contributed by atoms with E-state index in [1.54, 1.807) is 19.2 Å². The van der Waals surface area contributed by atoms with Crippen molar-refractivity contribution in [2.45, 2.75) is 25.9 Å². The molecule has 1 aliphatic heterocycles. The Kier molecular flexibility index (Phi) is 6.59. The summed E-state index contributed by atoms with van der Waals surface area (Å²) >= 11 is 6.43. The molecule has 8 heteroatoms. The minimum atomic E-state index is -0.404. The molecule has 3 heterocycles. The van der Waals surface area contributed by atoms with Crippen molar-refractivity contribution in [1.82, 2.24) is 19.2 Å². The number of nitrogens with zero attached hydrogens (tertiary/aromatic N) is 4. The standard InChI is InChI=1S/C31H28ClN5O2/c1-3-26-24-20-36(31(38)33-27-16-8-7-15-25(27)32)29(21-11-9-14-23(19-21)39-2)28-17-10-18-35(28)30(24)37(34-26)22-12-5-4-6-13-22/h4-19,29H,3,20H2,1-2H3,(H,33,38)/t29-/m0/s1. The number of carbonyl (C=O) groups is 1. The molecule has 3 aromatic carbocycles. The summed E-state index contributed by atoms with van der Waals surface area (Å²) in [6.45, 7) is 2.44. The van der Waals surface area contributed by atoms with Crippen LogP contribution in [0.15, 0.2) is 97.2 Å². The van der Waals surface area contributed by atoms with Gasteiger partial charge in [0.2, 0.25) is 0 Å². The number of ether oxygens (including phenoxy) is 1. The van der Waals surface area contributed by atoms with Crippen LogP contribution < -0.4 is 10.1 Å². The quantitative estimate of drug-likeness (QED) is 0.262. The lowest BCUT2D eigenvalue weighted by Crippen LogP contribution is -2.38. The molecule has 0 aliphatic carbocycles. The molecule has 7 nitrogen and oxygen atoms in total. The zero-order valence-corrected chi connectivity index (χ0v) is 22.5. The third-order valence-corrected chi connectivity index (χ3v) is 7.42. The van der Waals surface area contributed by atoms with E-state index in [1.807, 2.05) is 88.6 Å². The molecule has 1 atom stereocenters. The number of nitrogens with one attached hydrogen (secondary N) is 1. The summed E-state index contributed by atoms with van der Waals surface area (Å²) < 4.78 is 9.69. The highest BCUT2D eigenvalue weighted by Gasteiger charge is 2.36. The Bertz CT molecular complexity index is 1640. The average molecular weight is 538 g/mol. The average Bonchev–Trinajstić information content (AvgIpc) is 3.55.